The van der Waals surface area contributed by atoms with Gasteiger partial charge in [-0.2, -0.15) is 0 Å². The number of sulfonamides is 1. The molecule has 0 saturated carbocycles. The van der Waals surface area contributed by atoms with Crippen LogP contribution in [-0.4, -0.2) is 49.9 Å². The summed E-state index contributed by atoms with van der Waals surface area (Å²) >= 11 is 6.10. The number of hydrogen-bond donors (Lipinski definition) is 4. The molecule has 0 aliphatic carbocycles. The van der Waals surface area contributed by atoms with Gasteiger partial charge < -0.3 is 16.2 Å². The van der Waals surface area contributed by atoms with Crippen LogP contribution in [0.1, 0.15) is 21.5 Å². The predicted molar refractivity (Wildman–Crippen MR) is 125 cm³/mol. The highest BCUT2D eigenvalue weighted by molar-refractivity contribution is 7.88. The molecule has 0 saturated heterocycles. The van der Waals surface area contributed by atoms with Crippen LogP contribution in [-0.2, 0) is 10.0 Å². The third-order valence-corrected chi connectivity index (χ3v) is 5.37. The van der Waals surface area contributed by atoms with Gasteiger partial charge in [0.2, 0.25) is 10.0 Å². The van der Waals surface area contributed by atoms with Gasteiger partial charge in [0.15, 0.2) is 0 Å². The predicted octanol–water partition coefficient (Wildman–Crippen LogP) is 1.51. The first kappa shape index (κ1) is 23.5. The minimum Gasteiger partial charge on any atom is -0.390 e. The monoisotopic (exact) mass is 472 g/mol. The Labute approximate surface area is 190 Å². The molecule has 0 aliphatic heterocycles. The first-order chi connectivity index (χ1) is 15.1. The zero-order valence-electron chi connectivity index (χ0n) is 17.1. The zero-order valence-corrected chi connectivity index (χ0v) is 18.7. The normalized spacial score (nSPS) is 12.1. The number of hydrogen-bond acceptors (Lipinski definition) is 6. The van der Waals surface area contributed by atoms with Gasteiger partial charge in [0.1, 0.15) is 5.82 Å². The number of pyridine rings is 1. The van der Waals surface area contributed by atoms with Crippen molar-refractivity contribution in [1.82, 2.24) is 15.0 Å². The van der Waals surface area contributed by atoms with E-state index in [0.717, 1.165) is 17.0 Å². The van der Waals surface area contributed by atoms with E-state index in [1.807, 2.05) is 6.07 Å². The Morgan fingerprint density at radius 3 is 2.59 bits per heavy atom. The van der Waals surface area contributed by atoms with Crippen LogP contribution >= 0.6 is 11.6 Å². The third kappa shape index (κ3) is 6.42. The summed E-state index contributed by atoms with van der Waals surface area (Å²) in [6.45, 7) is -0.288. The fourth-order valence-corrected chi connectivity index (χ4v) is 3.47. The lowest BCUT2D eigenvalue weighted by molar-refractivity contribution is 0.0918. The van der Waals surface area contributed by atoms with Crippen molar-refractivity contribution >= 4 is 44.1 Å². The number of nitrogen functional groups attached to an aromatic ring is 1. The maximum Gasteiger partial charge on any atom is 0.251 e. The van der Waals surface area contributed by atoms with Gasteiger partial charge in [0.25, 0.3) is 5.91 Å². The molecule has 0 bridgehead atoms. The number of fused-ring (bicyclic) bond motifs is 1. The fourth-order valence-electron chi connectivity index (χ4n) is 2.80. The topological polar surface area (TPSA) is 134 Å². The number of rotatable bonds is 6. The van der Waals surface area contributed by atoms with Gasteiger partial charge in [0.05, 0.1) is 17.9 Å². The van der Waals surface area contributed by atoms with Crippen LogP contribution in [0.15, 0.2) is 48.7 Å². The molecule has 166 valence electrons. The molecule has 3 aromatic rings. The van der Waals surface area contributed by atoms with Crippen molar-refractivity contribution in [3.8, 4) is 11.8 Å². The molecule has 32 heavy (non-hydrogen) atoms. The number of anilines is 1. The summed E-state index contributed by atoms with van der Waals surface area (Å²) in [6.07, 6.45) is 1.60. The standard InChI is InChI=1S/C22H21ClN4O4S/c1-32(30,31)27-13-18(28)12-26-22(29)15-5-2-14(3-6-15)4-9-19-20-10-17(23)8-7-16(20)11-25-21(19)24/h2-3,5-8,10-11,18,27-28H,12-13H2,1H3,(H2,24,25)(H,26,29). The van der Waals surface area contributed by atoms with Gasteiger partial charge in [0, 0.05) is 46.2 Å². The number of nitrogens with one attached hydrogen (secondary N) is 2. The maximum atomic E-state index is 12.2. The molecule has 2 aromatic carbocycles. The SMILES string of the molecule is CS(=O)(=O)NCC(O)CNC(=O)c1ccc(C#Cc2c(N)ncc3ccc(Cl)cc23)cc1. The summed E-state index contributed by atoms with van der Waals surface area (Å²) in [7, 11) is -3.41. The summed E-state index contributed by atoms with van der Waals surface area (Å²) in [4.78, 5) is 16.4. The van der Waals surface area contributed by atoms with Gasteiger partial charge in [-0.25, -0.2) is 18.1 Å². The van der Waals surface area contributed by atoms with E-state index in [9.17, 15) is 18.3 Å². The average Bonchev–Trinajstić information content (AvgIpc) is 2.75. The van der Waals surface area contributed by atoms with Gasteiger partial charge in [-0.1, -0.05) is 29.5 Å². The minimum absolute atomic E-state index is 0.0984. The largest absolute Gasteiger partial charge is 0.390 e. The van der Waals surface area contributed by atoms with Crippen molar-refractivity contribution in [2.75, 3.05) is 25.1 Å². The Bertz CT molecular complexity index is 1310. The smallest absolute Gasteiger partial charge is 0.251 e. The Morgan fingerprint density at radius 1 is 1.19 bits per heavy atom. The number of aliphatic hydroxyl groups is 1. The van der Waals surface area contributed by atoms with E-state index in [1.54, 1.807) is 42.6 Å². The quantitative estimate of drug-likeness (QED) is 0.402. The number of carbonyl (C=O) groups is 1. The molecular formula is C22H21ClN4O4S. The van der Waals surface area contributed by atoms with Crippen molar-refractivity contribution in [3.63, 3.8) is 0 Å². The summed E-state index contributed by atoms with van der Waals surface area (Å²) in [5.41, 5.74) is 7.61. The van der Waals surface area contributed by atoms with E-state index < -0.39 is 22.0 Å². The molecule has 5 N–H and O–H groups in total. The second-order valence-corrected chi connectivity index (χ2v) is 9.33. The molecule has 8 nitrogen and oxygen atoms in total. The van der Waals surface area contributed by atoms with E-state index in [-0.39, 0.29) is 13.1 Å². The highest BCUT2D eigenvalue weighted by atomic mass is 35.5. The summed E-state index contributed by atoms with van der Waals surface area (Å²) in [6, 6.07) is 12.0. The summed E-state index contributed by atoms with van der Waals surface area (Å²) < 4.78 is 24.2. The first-order valence-corrected chi connectivity index (χ1v) is 11.8. The number of nitrogens with zero attached hydrogens (tertiary/aromatic N) is 1. The molecule has 0 spiro atoms. The number of halogens is 1. The number of amides is 1. The van der Waals surface area contributed by atoms with Crippen molar-refractivity contribution in [1.29, 1.82) is 0 Å². The Morgan fingerprint density at radius 2 is 1.91 bits per heavy atom. The molecule has 0 radical (unpaired) electrons. The first-order valence-electron chi connectivity index (χ1n) is 9.49. The number of aromatic nitrogens is 1. The van der Waals surface area contributed by atoms with Crippen molar-refractivity contribution in [2.24, 2.45) is 0 Å². The Balaban J connectivity index is 1.68. The lowest BCUT2D eigenvalue weighted by atomic mass is 10.1. The van der Waals surface area contributed by atoms with E-state index >= 15 is 0 Å². The van der Waals surface area contributed by atoms with Crippen LogP contribution in [0.4, 0.5) is 5.82 Å². The van der Waals surface area contributed by atoms with Crippen molar-refractivity contribution < 1.29 is 18.3 Å². The molecule has 1 unspecified atom stereocenters. The maximum absolute atomic E-state index is 12.2. The van der Waals surface area contributed by atoms with Crippen LogP contribution in [0.2, 0.25) is 5.02 Å². The lowest BCUT2D eigenvalue weighted by Crippen LogP contribution is -2.39. The highest BCUT2D eigenvalue weighted by Crippen LogP contribution is 2.24. The van der Waals surface area contributed by atoms with Gasteiger partial charge in [-0.15, -0.1) is 0 Å². The molecule has 3 rings (SSSR count). The molecule has 0 aliphatic rings. The number of aliphatic hydroxyl groups excluding tert-OH is 1. The Kier molecular flexibility index (Phi) is 7.33. The molecule has 1 aromatic heterocycles. The summed E-state index contributed by atoms with van der Waals surface area (Å²) in [5.74, 6) is 5.93. The van der Waals surface area contributed by atoms with Crippen molar-refractivity contribution in [2.45, 2.75) is 6.10 Å². The molecule has 1 atom stereocenters. The number of carbonyl (C=O) groups excluding carboxylic acids is 1. The second-order valence-electron chi connectivity index (χ2n) is 7.06. The van der Waals surface area contributed by atoms with Crippen LogP contribution in [0.5, 0.6) is 0 Å². The van der Waals surface area contributed by atoms with Gasteiger partial charge in [-0.3, -0.25) is 4.79 Å². The van der Waals surface area contributed by atoms with E-state index in [1.165, 1.54) is 0 Å². The van der Waals surface area contributed by atoms with Crippen molar-refractivity contribution in [3.05, 3.63) is 70.4 Å². The average molecular weight is 473 g/mol. The molecule has 0 fully saturated rings. The summed E-state index contributed by atoms with van der Waals surface area (Å²) in [5, 5.41) is 14.6. The van der Waals surface area contributed by atoms with Crippen LogP contribution in [0, 0.1) is 11.8 Å². The number of nitrogens with two attached hydrogens (primary N) is 1. The second kappa shape index (κ2) is 9.97. The van der Waals surface area contributed by atoms with Crippen LogP contribution in [0.3, 0.4) is 0 Å². The van der Waals surface area contributed by atoms with E-state index in [0.29, 0.717) is 27.5 Å². The van der Waals surface area contributed by atoms with Gasteiger partial charge in [-0.05, 0) is 36.4 Å². The lowest BCUT2D eigenvalue weighted by Gasteiger charge is -2.12. The van der Waals surface area contributed by atoms with Crippen LogP contribution in [0.25, 0.3) is 10.8 Å². The molecular weight excluding hydrogens is 452 g/mol. The number of benzene rings is 2. The highest BCUT2D eigenvalue weighted by Gasteiger charge is 2.11. The third-order valence-electron chi connectivity index (χ3n) is 4.44. The molecule has 10 heteroatoms. The Hall–Kier alpha value is -3.16. The molecule has 1 heterocycles. The minimum atomic E-state index is -3.41. The van der Waals surface area contributed by atoms with Crippen LogP contribution < -0.4 is 15.8 Å². The van der Waals surface area contributed by atoms with Gasteiger partial charge >= 0.3 is 0 Å². The fraction of sp³-hybridized carbons (Fsp3) is 0.182. The zero-order chi connectivity index (χ0) is 23.3. The van der Waals surface area contributed by atoms with E-state index in [4.69, 9.17) is 17.3 Å². The van der Waals surface area contributed by atoms with E-state index in [2.05, 4.69) is 26.9 Å². The molecule has 1 amide bonds.